The van der Waals surface area contributed by atoms with E-state index in [-0.39, 0.29) is 0 Å². The lowest BCUT2D eigenvalue weighted by Crippen LogP contribution is -2.04. The third kappa shape index (κ3) is 2.71. The van der Waals surface area contributed by atoms with Gasteiger partial charge in [0.25, 0.3) is 25.9 Å². The maximum Gasteiger partial charge on any atom is 0.295 e. The quantitative estimate of drug-likeness (QED) is 0.414. The van der Waals surface area contributed by atoms with Gasteiger partial charge in [-0.25, -0.2) is 0 Å². The van der Waals surface area contributed by atoms with Crippen molar-refractivity contribution >= 4 is 36.7 Å². The van der Waals surface area contributed by atoms with Crippen LogP contribution >= 0.6 is 0 Å². The van der Waals surface area contributed by atoms with Crippen LogP contribution in [0.25, 0.3) is 10.8 Å². The Morgan fingerprint density at radius 2 is 1.50 bits per heavy atom. The van der Waals surface area contributed by atoms with Crippen LogP contribution in [-0.4, -0.2) is 36.0 Å². The molecule has 0 radical (unpaired) electrons. The number of rotatable bonds is 3. The second kappa shape index (κ2) is 4.88. The lowest BCUT2D eigenvalue weighted by molar-refractivity contribution is -0.384. The first-order chi connectivity index (χ1) is 9.93. The van der Waals surface area contributed by atoms with Gasteiger partial charge in [-0.15, -0.1) is 0 Å². The van der Waals surface area contributed by atoms with Crippen LogP contribution in [0.3, 0.4) is 0 Å². The van der Waals surface area contributed by atoms with Gasteiger partial charge < -0.3 is 5.11 Å². The molecule has 0 heterocycles. The second-order valence-corrected chi connectivity index (χ2v) is 6.94. The van der Waals surface area contributed by atoms with Crippen molar-refractivity contribution in [2.45, 2.75) is 9.79 Å². The van der Waals surface area contributed by atoms with Crippen molar-refractivity contribution in [1.29, 1.82) is 0 Å². The molecule has 2 aromatic rings. The van der Waals surface area contributed by atoms with Gasteiger partial charge in [0.2, 0.25) is 0 Å². The van der Waals surface area contributed by atoms with E-state index in [9.17, 15) is 32.1 Å². The smallest absolute Gasteiger partial charge is 0.295 e. The SMILES string of the molecule is O=[N+]([O-])c1cc(S(=O)(=O)O)c2c(O)ccc(S(=O)(=O)O)c2c1. The predicted molar refractivity (Wildman–Crippen MR) is 71.9 cm³/mol. The van der Waals surface area contributed by atoms with Crippen LogP contribution in [0.15, 0.2) is 34.1 Å². The van der Waals surface area contributed by atoms with Crippen LogP contribution in [0.1, 0.15) is 0 Å². The zero-order valence-electron chi connectivity index (χ0n) is 10.4. The third-order valence-corrected chi connectivity index (χ3v) is 4.56. The number of fused-ring (bicyclic) bond motifs is 1. The molecule has 0 atom stereocenters. The number of phenols is 1. The van der Waals surface area contributed by atoms with Gasteiger partial charge in [-0.3, -0.25) is 19.2 Å². The monoisotopic (exact) mass is 349 g/mol. The molecule has 12 heteroatoms. The molecule has 0 amide bonds. The molecule has 118 valence electrons. The minimum absolute atomic E-state index is 0.463. The molecule has 3 N–H and O–H groups in total. The molecular weight excluding hydrogens is 342 g/mol. The highest BCUT2D eigenvalue weighted by molar-refractivity contribution is 7.86. The van der Waals surface area contributed by atoms with Crippen LogP contribution in [-0.2, 0) is 20.2 Å². The molecule has 10 nitrogen and oxygen atoms in total. The van der Waals surface area contributed by atoms with Gasteiger partial charge in [0, 0.05) is 22.9 Å². The fraction of sp³-hybridized carbons (Fsp3) is 0. The number of nitro benzene ring substituents is 1. The first-order valence-corrected chi connectivity index (χ1v) is 8.20. The lowest BCUT2D eigenvalue weighted by Gasteiger charge is -2.09. The van der Waals surface area contributed by atoms with Crippen molar-refractivity contribution in [3.05, 3.63) is 34.4 Å². The molecule has 0 aromatic heterocycles. The highest BCUT2D eigenvalue weighted by atomic mass is 32.2. The average molecular weight is 349 g/mol. The van der Waals surface area contributed by atoms with Crippen molar-refractivity contribution in [3.8, 4) is 5.75 Å². The van der Waals surface area contributed by atoms with E-state index in [0.717, 1.165) is 12.1 Å². The Bertz CT molecular complexity index is 1010. The van der Waals surface area contributed by atoms with Crippen molar-refractivity contribution < 1.29 is 36.0 Å². The van der Waals surface area contributed by atoms with Gasteiger partial charge in [0.05, 0.1) is 4.92 Å². The third-order valence-electron chi connectivity index (χ3n) is 2.77. The highest BCUT2D eigenvalue weighted by Crippen LogP contribution is 2.37. The van der Waals surface area contributed by atoms with E-state index in [2.05, 4.69) is 0 Å². The van der Waals surface area contributed by atoms with Crippen LogP contribution in [0.5, 0.6) is 5.75 Å². The molecule has 2 rings (SSSR count). The van der Waals surface area contributed by atoms with Crippen LogP contribution < -0.4 is 0 Å². The van der Waals surface area contributed by atoms with Gasteiger partial charge in [-0.05, 0) is 12.1 Å². The minimum Gasteiger partial charge on any atom is -0.507 e. The summed E-state index contributed by atoms with van der Waals surface area (Å²) in [5.74, 6) is -0.745. The van der Waals surface area contributed by atoms with Gasteiger partial charge >= 0.3 is 0 Å². The molecule has 0 bridgehead atoms. The van der Waals surface area contributed by atoms with Gasteiger partial charge in [-0.1, -0.05) is 0 Å². The Morgan fingerprint density at radius 3 is 1.95 bits per heavy atom. The predicted octanol–water partition coefficient (Wildman–Crippen LogP) is 0.947. The summed E-state index contributed by atoms with van der Waals surface area (Å²) in [6.45, 7) is 0. The van der Waals surface area contributed by atoms with Crippen molar-refractivity contribution in [2.75, 3.05) is 0 Å². The van der Waals surface area contributed by atoms with Crippen LogP contribution in [0.2, 0.25) is 0 Å². The maximum atomic E-state index is 11.3. The largest absolute Gasteiger partial charge is 0.507 e. The molecular formula is C10H7NO9S2. The lowest BCUT2D eigenvalue weighted by atomic mass is 10.1. The number of phenolic OH excluding ortho intramolecular Hbond substituents is 1. The first kappa shape index (κ1) is 16.1. The topological polar surface area (TPSA) is 172 Å². The van der Waals surface area contributed by atoms with Gasteiger partial charge in [-0.2, -0.15) is 16.8 Å². The van der Waals surface area contributed by atoms with Crippen molar-refractivity contribution in [3.63, 3.8) is 0 Å². The summed E-state index contributed by atoms with van der Waals surface area (Å²) in [6.07, 6.45) is 0. The molecule has 0 saturated carbocycles. The summed E-state index contributed by atoms with van der Waals surface area (Å²) in [5, 5.41) is 19.3. The Morgan fingerprint density at radius 1 is 0.955 bits per heavy atom. The first-order valence-electron chi connectivity index (χ1n) is 5.32. The van der Waals surface area contributed by atoms with E-state index in [1.807, 2.05) is 0 Å². The molecule has 0 aliphatic rings. The summed E-state index contributed by atoms with van der Waals surface area (Å²) in [6, 6.07) is 2.63. The van der Waals surface area contributed by atoms with Crippen LogP contribution in [0, 0.1) is 10.1 Å². The molecule has 0 saturated heterocycles. The zero-order valence-corrected chi connectivity index (χ0v) is 12.0. The summed E-state index contributed by atoms with van der Waals surface area (Å²) in [4.78, 5) is 7.89. The molecule has 2 aromatic carbocycles. The van der Waals surface area contributed by atoms with E-state index in [1.54, 1.807) is 0 Å². The van der Waals surface area contributed by atoms with Gasteiger partial charge in [0.1, 0.15) is 15.5 Å². The molecule has 0 aliphatic carbocycles. The van der Waals surface area contributed by atoms with E-state index in [1.165, 1.54) is 0 Å². The highest BCUT2D eigenvalue weighted by Gasteiger charge is 2.26. The molecule has 0 unspecified atom stereocenters. The van der Waals surface area contributed by atoms with E-state index >= 15 is 0 Å². The zero-order chi connectivity index (χ0) is 16.9. The number of nitrogens with zero attached hydrogens (tertiary/aromatic N) is 1. The standard InChI is InChI=1S/C10H7NO9S2/c12-7-1-2-8(21(15,16)17)6-3-5(11(13)14)4-9(10(6)7)22(18,19)20/h1-4,12H,(H,15,16,17)(H,18,19,20). The van der Waals surface area contributed by atoms with Crippen molar-refractivity contribution in [1.82, 2.24) is 0 Å². The molecule has 0 fully saturated rings. The number of nitro groups is 1. The summed E-state index contributed by atoms with van der Waals surface area (Å²) >= 11 is 0. The summed E-state index contributed by atoms with van der Waals surface area (Å²) in [7, 11) is -9.87. The van der Waals surface area contributed by atoms with E-state index in [4.69, 9.17) is 9.11 Å². The fourth-order valence-electron chi connectivity index (χ4n) is 1.92. The Labute approximate surface area is 123 Å². The second-order valence-electron chi connectivity index (χ2n) is 4.16. The Kier molecular flexibility index (Phi) is 3.57. The Hall–Kier alpha value is -2.28. The number of aromatic hydroxyl groups is 1. The molecule has 0 spiro atoms. The average Bonchev–Trinajstić information content (AvgIpc) is 2.35. The normalized spacial score (nSPS) is 12.5. The van der Waals surface area contributed by atoms with E-state index < -0.39 is 57.2 Å². The number of hydrogen-bond donors (Lipinski definition) is 3. The fourth-order valence-corrected chi connectivity index (χ4v) is 3.34. The van der Waals surface area contributed by atoms with E-state index in [0.29, 0.717) is 12.1 Å². The molecule has 0 aliphatic heterocycles. The number of hydrogen-bond acceptors (Lipinski definition) is 7. The number of benzene rings is 2. The Balaban J connectivity index is 3.19. The number of non-ortho nitro benzene ring substituents is 1. The minimum atomic E-state index is -5.01. The summed E-state index contributed by atoms with van der Waals surface area (Å²) < 4.78 is 63.5. The van der Waals surface area contributed by atoms with Crippen molar-refractivity contribution in [2.24, 2.45) is 0 Å². The maximum absolute atomic E-state index is 11.3. The summed E-state index contributed by atoms with van der Waals surface area (Å²) in [5.41, 5.74) is -0.851. The van der Waals surface area contributed by atoms with Crippen LogP contribution in [0.4, 0.5) is 5.69 Å². The molecule has 22 heavy (non-hydrogen) atoms. The van der Waals surface area contributed by atoms with Gasteiger partial charge in [0.15, 0.2) is 0 Å².